The third-order valence-electron chi connectivity index (χ3n) is 3.01. The largest absolute Gasteiger partial charge is 0.365 e. The molecule has 0 unspecified atom stereocenters. The number of allylic oxidation sites excluding steroid dienone is 1. The molecule has 0 atom stereocenters. The minimum absolute atomic E-state index is 0.222. The number of thiophene rings is 1. The van der Waals surface area contributed by atoms with Crippen molar-refractivity contribution in [3.05, 3.63) is 33.4 Å². The number of primary amides is 1. The Kier molecular flexibility index (Phi) is 4.39. The summed E-state index contributed by atoms with van der Waals surface area (Å²) in [6, 6.07) is 0. The van der Waals surface area contributed by atoms with Crippen LogP contribution in [0, 0.1) is 6.92 Å². The van der Waals surface area contributed by atoms with Gasteiger partial charge in [-0.15, -0.1) is 17.9 Å². The van der Waals surface area contributed by atoms with Gasteiger partial charge in [0.15, 0.2) is 0 Å². The summed E-state index contributed by atoms with van der Waals surface area (Å²) < 4.78 is 1.47. The standard InChI is InChI=1S/C13H17N5O2S/c1-3-6-18-12(20)8-7(2)9(10(15)19)21-11(8)17-13(18)16-5-4-14/h3H,1,4-6,14H2,2H3,(H2,15,19)(H,16,17). The van der Waals surface area contributed by atoms with Crippen LogP contribution in [0.1, 0.15) is 15.2 Å². The van der Waals surface area contributed by atoms with Crippen LogP contribution in [0.15, 0.2) is 17.4 Å². The van der Waals surface area contributed by atoms with E-state index in [0.29, 0.717) is 46.2 Å². The molecule has 1 amide bonds. The molecule has 0 spiro atoms. The number of hydrogen-bond donors (Lipinski definition) is 3. The third kappa shape index (κ3) is 2.67. The summed E-state index contributed by atoms with van der Waals surface area (Å²) >= 11 is 1.12. The normalized spacial score (nSPS) is 10.8. The van der Waals surface area contributed by atoms with Gasteiger partial charge in [0.2, 0.25) is 5.95 Å². The first-order valence-electron chi connectivity index (χ1n) is 6.39. The number of rotatable bonds is 6. The molecular weight excluding hydrogens is 290 g/mol. The fourth-order valence-electron chi connectivity index (χ4n) is 2.07. The van der Waals surface area contributed by atoms with Crippen LogP contribution < -0.4 is 22.3 Å². The predicted octanol–water partition coefficient (Wildman–Crippen LogP) is 0.422. The molecule has 112 valence electrons. The van der Waals surface area contributed by atoms with Crippen molar-refractivity contribution in [3.8, 4) is 0 Å². The van der Waals surface area contributed by atoms with Gasteiger partial charge >= 0.3 is 0 Å². The van der Waals surface area contributed by atoms with E-state index < -0.39 is 5.91 Å². The van der Waals surface area contributed by atoms with E-state index in [1.54, 1.807) is 13.0 Å². The average Bonchev–Trinajstić information content (AvgIpc) is 2.77. The van der Waals surface area contributed by atoms with Crippen LogP contribution in [0.25, 0.3) is 10.2 Å². The van der Waals surface area contributed by atoms with Gasteiger partial charge in [-0.3, -0.25) is 14.2 Å². The number of aromatic nitrogens is 2. The van der Waals surface area contributed by atoms with Crippen LogP contribution in [0.3, 0.4) is 0 Å². The maximum atomic E-state index is 12.6. The summed E-state index contributed by atoms with van der Waals surface area (Å²) in [5.74, 6) is -0.142. The van der Waals surface area contributed by atoms with Gasteiger partial charge < -0.3 is 16.8 Å². The van der Waals surface area contributed by atoms with E-state index in [9.17, 15) is 9.59 Å². The number of carbonyl (C=O) groups is 1. The highest BCUT2D eigenvalue weighted by Crippen LogP contribution is 2.27. The molecule has 7 nitrogen and oxygen atoms in total. The summed E-state index contributed by atoms with van der Waals surface area (Å²) in [6.07, 6.45) is 1.61. The Morgan fingerprint density at radius 1 is 1.57 bits per heavy atom. The van der Waals surface area contributed by atoms with Crippen molar-refractivity contribution in [2.24, 2.45) is 11.5 Å². The summed E-state index contributed by atoms with van der Waals surface area (Å²) in [4.78, 5) is 29.3. The van der Waals surface area contributed by atoms with Gasteiger partial charge in [0.05, 0.1) is 10.3 Å². The lowest BCUT2D eigenvalue weighted by Crippen LogP contribution is -2.26. The molecule has 2 aromatic rings. The highest BCUT2D eigenvalue weighted by molar-refractivity contribution is 7.20. The maximum absolute atomic E-state index is 12.6. The van der Waals surface area contributed by atoms with E-state index in [1.807, 2.05) is 0 Å². The molecule has 0 radical (unpaired) electrons. The lowest BCUT2D eigenvalue weighted by molar-refractivity contribution is 0.100. The smallest absolute Gasteiger partial charge is 0.264 e. The molecule has 21 heavy (non-hydrogen) atoms. The predicted molar refractivity (Wildman–Crippen MR) is 84.9 cm³/mol. The lowest BCUT2D eigenvalue weighted by atomic mass is 10.2. The van der Waals surface area contributed by atoms with Gasteiger partial charge in [-0.2, -0.15) is 0 Å². The summed E-state index contributed by atoms with van der Waals surface area (Å²) in [5, 5.41) is 3.43. The van der Waals surface area contributed by atoms with Crippen molar-refractivity contribution < 1.29 is 4.79 Å². The van der Waals surface area contributed by atoms with Gasteiger partial charge in [0.25, 0.3) is 11.5 Å². The number of carbonyl (C=O) groups excluding carboxylic acids is 1. The fraction of sp³-hybridized carbons (Fsp3) is 0.308. The fourth-order valence-corrected chi connectivity index (χ4v) is 3.09. The van der Waals surface area contributed by atoms with E-state index in [0.717, 1.165) is 11.3 Å². The number of nitrogens with zero attached hydrogens (tertiary/aromatic N) is 2. The number of anilines is 1. The molecule has 0 fully saturated rings. The molecule has 0 aliphatic heterocycles. The minimum Gasteiger partial charge on any atom is -0.365 e. The number of nitrogens with two attached hydrogens (primary N) is 2. The van der Waals surface area contributed by atoms with E-state index >= 15 is 0 Å². The Balaban J connectivity index is 2.74. The molecule has 2 heterocycles. The quantitative estimate of drug-likeness (QED) is 0.669. The van der Waals surface area contributed by atoms with Crippen LogP contribution in [0.5, 0.6) is 0 Å². The number of amides is 1. The summed E-state index contributed by atoms with van der Waals surface area (Å²) in [5.41, 5.74) is 11.1. The van der Waals surface area contributed by atoms with E-state index in [4.69, 9.17) is 11.5 Å². The molecule has 0 saturated carbocycles. The van der Waals surface area contributed by atoms with Crippen molar-refractivity contribution in [2.45, 2.75) is 13.5 Å². The molecule has 0 aromatic carbocycles. The van der Waals surface area contributed by atoms with Crippen molar-refractivity contribution in [1.29, 1.82) is 0 Å². The van der Waals surface area contributed by atoms with Crippen molar-refractivity contribution in [3.63, 3.8) is 0 Å². The zero-order valence-corrected chi connectivity index (χ0v) is 12.5. The van der Waals surface area contributed by atoms with Crippen LogP contribution in [-0.4, -0.2) is 28.5 Å². The molecule has 0 saturated heterocycles. The Morgan fingerprint density at radius 3 is 2.86 bits per heavy atom. The molecule has 5 N–H and O–H groups in total. The zero-order chi connectivity index (χ0) is 15.6. The lowest BCUT2D eigenvalue weighted by Gasteiger charge is -2.11. The topological polar surface area (TPSA) is 116 Å². The molecule has 0 aliphatic rings. The molecule has 8 heteroatoms. The first kappa shape index (κ1) is 15.2. The molecular formula is C13H17N5O2S. The van der Waals surface area contributed by atoms with Crippen molar-refractivity contribution in [2.75, 3.05) is 18.4 Å². The number of nitrogens with one attached hydrogen (secondary N) is 1. The number of aryl methyl sites for hydroxylation is 1. The Labute approximate surface area is 125 Å². The third-order valence-corrected chi connectivity index (χ3v) is 4.21. The molecule has 0 bridgehead atoms. The SMILES string of the molecule is C=CCn1c(NCCN)nc2sc(C(N)=O)c(C)c2c1=O. The van der Waals surface area contributed by atoms with Gasteiger partial charge in [-0.05, 0) is 12.5 Å². The summed E-state index contributed by atoms with van der Waals surface area (Å²) in [7, 11) is 0. The maximum Gasteiger partial charge on any atom is 0.264 e. The van der Waals surface area contributed by atoms with Crippen LogP contribution in [-0.2, 0) is 6.54 Å². The van der Waals surface area contributed by atoms with Crippen LogP contribution in [0.4, 0.5) is 5.95 Å². The second kappa shape index (κ2) is 6.06. The number of hydrogen-bond acceptors (Lipinski definition) is 6. The minimum atomic E-state index is -0.554. The van der Waals surface area contributed by atoms with E-state index in [-0.39, 0.29) is 5.56 Å². The van der Waals surface area contributed by atoms with E-state index in [2.05, 4.69) is 16.9 Å². The van der Waals surface area contributed by atoms with Gasteiger partial charge in [0, 0.05) is 19.6 Å². The first-order chi connectivity index (χ1) is 10.0. The second-order valence-corrected chi connectivity index (χ2v) is 5.45. The Hall–Kier alpha value is -2.19. The zero-order valence-electron chi connectivity index (χ0n) is 11.7. The van der Waals surface area contributed by atoms with Crippen LogP contribution >= 0.6 is 11.3 Å². The van der Waals surface area contributed by atoms with Gasteiger partial charge in [-0.1, -0.05) is 6.08 Å². The highest BCUT2D eigenvalue weighted by atomic mass is 32.1. The van der Waals surface area contributed by atoms with Crippen LogP contribution in [0.2, 0.25) is 0 Å². The summed E-state index contributed by atoms with van der Waals surface area (Å²) in [6.45, 7) is 6.56. The Morgan fingerprint density at radius 2 is 2.29 bits per heavy atom. The van der Waals surface area contributed by atoms with Crippen molar-refractivity contribution in [1.82, 2.24) is 9.55 Å². The Bertz CT molecular complexity index is 762. The van der Waals surface area contributed by atoms with Crippen molar-refractivity contribution >= 4 is 33.4 Å². The molecule has 2 rings (SSSR count). The first-order valence-corrected chi connectivity index (χ1v) is 7.21. The van der Waals surface area contributed by atoms with E-state index in [1.165, 1.54) is 4.57 Å². The molecule has 0 aliphatic carbocycles. The van der Waals surface area contributed by atoms with Gasteiger partial charge in [0.1, 0.15) is 4.83 Å². The monoisotopic (exact) mass is 307 g/mol. The highest BCUT2D eigenvalue weighted by Gasteiger charge is 2.19. The second-order valence-electron chi connectivity index (χ2n) is 4.46. The number of fused-ring (bicyclic) bond motifs is 1. The average molecular weight is 307 g/mol. The van der Waals surface area contributed by atoms with Gasteiger partial charge in [-0.25, -0.2) is 4.98 Å². The molecule has 2 aromatic heterocycles.